The Morgan fingerprint density at radius 3 is 2.44 bits per heavy atom. The smallest absolute Gasteiger partial charge is 0.223 e. The van der Waals surface area contributed by atoms with E-state index in [1.54, 1.807) is 13.8 Å². The van der Waals surface area contributed by atoms with Crippen LogP contribution in [0.15, 0.2) is 0 Å². The number of primary amides is 1. The van der Waals surface area contributed by atoms with Crippen LogP contribution in [-0.4, -0.2) is 30.4 Å². The lowest BCUT2D eigenvalue weighted by atomic mass is 9.87. The van der Waals surface area contributed by atoms with Crippen molar-refractivity contribution in [3.8, 4) is 0 Å². The summed E-state index contributed by atoms with van der Waals surface area (Å²) in [5, 5.41) is 6.01. The minimum atomic E-state index is -0.561. The van der Waals surface area contributed by atoms with Gasteiger partial charge in [0.2, 0.25) is 11.8 Å². The maximum absolute atomic E-state index is 11.9. The van der Waals surface area contributed by atoms with Crippen LogP contribution in [0.4, 0.5) is 0 Å². The lowest BCUT2D eigenvalue weighted by Gasteiger charge is -2.34. The number of carbonyl (C=O) groups is 2. The molecule has 1 fully saturated rings. The number of hydrogen-bond donors (Lipinski definition) is 3. The van der Waals surface area contributed by atoms with Gasteiger partial charge in [-0.2, -0.15) is 0 Å². The van der Waals surface area contributed by atoms with Crippen molar-refractivity contribution in [1.29, 1.82) is 0 Å². The SMILES string of the molecule is CC(C(=O)NC(C)(C)CC(N)=O)C1CNC1. The van der Waals surface area contributed by atoms with Crippen LogP contribution in [0.3, 0.4) is 0 Å². The summed E-state index contributed by atoms with van der Waals surface area (Å²) in [6, 6.07) is 0. The van der Waals surface area contributed by atoms with E-state index < -0.39 is 11.4 Å². The van der Waals surface area contributed by atoms with E-state index >= 15 is 0 Å². The second kappa shape index (κ2) is 4.82. The Kier molecular flexibility index (Phi) is 3.91. The van der Waals surface area contributed by atoms with Crippen molar-refractivity contribution in [2.75, 3.05) is 13.1 Å². The van der Waals surface area contributed by atoms with E-state index in [9.17, 15) is 9.59 Å². The van der Waals surface area contributed by atoms with Gasteiger partial charge in [0, 0.05) is 17.9 Å². The van der Waals surface area contributed by atoms with Crippen molar-refractivity contribution in [3.63, 3.8) is 0 Å². The Bertz CT molecular complexity index is 285. The molecule has 1 heterocycles. The summed E-state index contributed by atoms with van der Waals surface area (Å²) >= 11 is 0. The molecule has 0 spiro atoms. The van der Waals surface area contributed by atoms with E-state index in [4.69, 9.17) is 5.73 Å². The molecule has 1 unspecified atom stereocenters. The van der Waals surface area contributed by atoms with E-state index in [0.717, 1.165) is 13.1 Å². The van der Waals surface area contributed by atoms with Gasteiger partial charge in [-0.3, -0.25) is 9.59 Å². The zero-order valence-electron chi connectivity index (χ0n) is 10.2. The second-order valence-electron chi connectivity index (χ2n) is 5.22. The Balaban J connectivity index is 2.45. The average molecular weight is 227 g/mol. The maximum atomic E-state index is 11.9. The fourth-order valence-electron chi connectivity index (χ4n) is 1.81. The molecule has 5 heteroatoms. The van der Waals surface area contributed by atoms with E-state index in [1.165, 1.54) is 0 Å². The monoisotopic (exact) mass is 227 g/mol. The Morgan fingerprint density at radius 2 is 2.06 bits per heavy atom. The van der Waals surface area contributed by atoms with Crippen molar-refractivity contribution in [2.45, 2.75) is 32.7 Å². The normalized spacial score (nSPS) is 18.7. The Hall–Kier alpha value is -1.10. The van der Waals surface area contributed by atoms with Crippen molar-refractivity contribution < 1.29 is 9.59 Å². The summed E-state index contributed by atoms with van der Waals surface area (Å²) in [6.07, 6.45) is 0.161. The van der Waals surface area contributed by atoms with Gasteiger partial charge in [-0.05, 0) is 32.9 Å². The molecule has 1 aliphatic rings. The van der Waals surface area contributed by atoms with Gasteiger partial charge in [0.1, 0.15) is 0 Å². The third-order valence-corrected chi connectivity index (χ3v) is 3.01. The summed E-state index contributed by atoms with van der Waals surface area (Å²) in [7, 11) is 0. The molecule has 0 saturated carbocycles. The molecule has 1 rings (SSSR count). The summed E-state index contributed by atoms with van der Waals surface area (Å²) in [4.78, 5) is 22.7. The number of carbonyl (C=O) groups excluding carboxylic acids is 2. The number of hydrogen-bond acceptors (Lipinski definition) is 3. The van der Waals surface area contributed by atoms with Crippen molar-refractivity contribution in [3.05, 3.63) is 0 Å². The molecule has 0 aliphatic carbocycles. The quantitative estimate of drug-likeness (QED) is 0.598. The van der Waals surface area contributed by atoms with Crippen molar-refractivity contribution in [1.82, 2.24) is 10.6 Å². The molecule has 16 heavy (non-hydrogen) atoms. The van der Waals surface area contributed by atoms with E-state index in [2.05, 4.69) is 10.6 Å². The third-order valence-electron chi connectivity index (χ3n) is 3.01. The zero-order valence-corrected chi connectivity index (χ0v) is 10.2. The van der Waals surface area contributed by atoms with Crippen LogP contribution in [0, 0.1) is 11.8 Å². The second-order valence-corrected chi connectivity index (χ2v) is 5.22. The molecule has 0 bridgehead atoms. The summed E-state index contributed by atoms with van der Waals surface area (Å²) in [5.41, 5.74) is 4.57. The topological polar surface area (TPSA) is 84.2 Å². The molecular weight excluding hydrogens is 206 g/mol. The molecule has 1 saturated heterocycles. The van der Waals surface area contributed by atoms with Gasteiger partial charge < -0.3 is 16.4 Å². The van der Waals surface area contributed by atoms with Gasteiger partial charge in [-0.15, -0.1) is 0 Å². The van der Waals surface area contributed by atoms with E-state index in [0.29, 0.717) is 5.92 Å². The van der Waals surface area contributed by atoms with Crippen molar-refractivity contribution >= 4 is 11.8 Å². The maximum Gasteiger partial charge on any atom is 0.223 e. The van der Waals surface area contributed by atoms with Crippen LogP contribution in [0.1, 0.15) is 27.2 Å². The molecular formula is C11H21N3O2. The highest BCUT2D eigenvalue weighted by Crippen LogP contribution is 2.18. The van der Waals surface area contributed by atoms with Gasteiger partial charge in [0.25, 0.3) is 0 Å². The molecule has 0 aromatic heterocycles. The standard InChI is InChI=1S/C11H21N3O2/c1-7(8-5-13-6-8)10(16)14-11(2,3)4-9(12)15/h7-8,13H,4-6H2,1-3H3,(H2,12,15)(H,14,16). The lowest BCUT2D eigenvalue weighted by molar-refractivity contribution is -0.129. The summed E-state index contributed by atoms with van der Waals surface area (Å²) < 4.78 is 0. The number of nitrogens with one attached hydrogen (secondary N) is 2. The van der Waals surface area contributed by atoms with Crippen LogP contribution < -0.4 is 16.4 Å². The summed E-state index contributed by atoms with van der Waals surface area (Å²) in [5.74, 6) is -0.0150. The van der Waals surface area contributed by atoms with Crippen LogP contribution in [-0.2, 0) is 9.59 Å². The largest absolute Gasteiger partial charge is 0.370 e. The molecule has 0 radical (unpaired) electrons. The number of nitrogens with two attached hydrogens (primary N) is 1. The first-order valence-corrected chi connectivity index (χ1v) is 5.63. The van der Waals surface area contributed by atoms with Crippen LogP contribution in [0.2, 0.25) is 0 Å². The minimum absolute atomic E-state index is 0.00208. The fourth-order valence-corrected chi connectivity index (χ4v) is 1.81. The highest BCUT2D eigenvalue weighted by atomic mass is 16.2. The molecule has 1 aliphatic heterocycles. The predicted molar refractivity (Wildman–Crippen MR) is 61.6 cm³/mol. The molecule has 92 valence electrons. The molecule has 0 aromatic rings. The Morgan fingerprint density at radius 1 is 1.50 bits per heavy atom. The van der Waals surface area contributed by atoms with Crippen LogP contribution in [0.25, 0.3) is 0 Å². The van der Waals surface area contributed by atoms with Gasteiger partial charge in [-0.25, -0.2) is 0 Å². The molecule has 2 amide bonds. The lowest BCUT2D eigenvalue weighted by Crippen LogP contribution is -2.53. The molecule has 5 nitrogen and oxygen atoms in total. The average Bonchev–Trinajstić information content (AvgIpc) is 1.96. The number of rotatable bonds is 5. The van der Waals surface area contributed by atoms with Gasteiger partial charge in [-0.1, -0.05) is 6.92 Å². The number of amides is 2. The summed E-state index contributed by atoms with van der Waals surface area (Å²) in [6.45, 7) is 7.32. The molecule has 1 atom stereocenters. The first-order valence-electron chi connectivity index (χ1n) is 5.63. The van der Waals surface area contributed by atoms with E-state index in [1.807, 2.05) is 6.92 Å². The molecule has 0 aromatic carbocycles. The minimum Gasteiger partial charge on any atom is -0.370 e. The fraction of sp³-hybridized carbons (Fsp3) is 0.818. The third kappa shape index (κ3) is 3.48. The predicted octanol–water partition coefficient (Wildman–Crippen LogP) is -0.388. The van der Waals surface area contributed by atoms with Crippen molar-refractivity contribution in [2.24, 2.45) is 17.6 Å². The molecule has 4 N–H and O–H groups in total. The van der Waals surface area contributed by atoms with Gasteiger partial charge in [0.05, 0.1) is 0 Å². The van der Waals surface area contributed by atoms with Gasteiger partial charge in [0.15, 0.2) is 0 Å². The van der Waals surface area contributed by atoms with Gasteiger partial charge >= 0.3 is 0 Å². The highest BCUT2D eigenvalue weighted by Gasteiger charge is 2.32. The first-order chi connectivity index (χ1) is 7.32. The first kappa shape index (κ1) is 13.0. The van der Waals surface area contributed by atoms with Crippen LogP contribution in [0.5, 0.6) is 0 Å². The van der Waals surface area contributed by atoms with Crippen LogP contribution >= 0.6 is 0 Å². The highest BCUT2D eigenvalue weighted by molar-refractivity contribution is 5.81. The zero-order chi connectivity index (χ0) is 12.3. The Labute approximate surface area is 96.1 Å². The van der Waals surface area contributed by atoms with E-state index in [-0.39, 0.29) is 18.2 Å².